The van der Waals surface area contributed by atoms with Gasteiger partial charge in [0.1, 0.15) is 11.5 Å². The van der Waals surface area contributed by atoms with E-state index < -0.39 is 6.04 Å². The number of ether oxygens (including phenoxy) is 1. The van der Waals surface area contributed by atoms with E-state index in [9.17, 15) is 9.18 Å². The number of morpholine rings is 1. The zero-order valence-corrected chi connectivity index (χ0v) is 16.7. The summed E-state index contributed by atoms with van der Waals surface area (Å²) in [7, 11) is 1.75. The van der Waals surface area contributed by atoms with Crippen LogP contribution in [0.1, 0.15) is 29.0 Å². The van der Waals surface area contributed by atoms with Crippen LogP contribution in [-0.2, 0) is 11.8 Å². The lowest BCUT2D eigenvalue weighted by Gasteiger charge is -2.38. The Morgan fingerprint density at radius 3 is 2.85 bits per heavy atom. The summed E-state index contributed by atoms with van der Waals surface area (Å²) in [5.74, 6) is -0.661. The number of aromatic nitrogens is 1. The second-order valence-corrected chi connectivity index (χ2v) is 7.54. The molecule has 146 valence electrons. The van der Waals surface area contributed by atoms with Crippen LogP contribution in [0.15, 0.2) is 30.5 Å². The minimum Gasteiger partial charge on any atom is -0.376 e. The molecule has 1 fully saturated rings. The Balaban J connectivity index is 1.84. The van der Waals surface area contributed by atoms with Crippen LogP contribution in [0, 0.1) is 5.82 Å². The van der Waals surface area contributed by atoms with Crippen molar-refractivity contribution in [1.29, 1.82) is 0 Å². The zero-order valence-electron chi connectivity index (χ0n) is 15.2. The van der Waals surface area contributed by atoms with Gasteiger partial charge < -0.3 is 14.6 Å². The molecule has 1 aliphatic heterocycles. The second kappa shape index (κ2) is 8.61. The van der Waals surface area contributed by atoms with Crippen LogP contribution in [0.3, 0.4) is 0 Å². The number of amides is 1. The molecule has 0 radical (unpaired) electrons. The first-order valence-corrected chi connectivity index (χ1v) is 9.52. The van der Waals surface area contributed by atoms with E-state index in [2.05, 4.69) is 10.2 Å². The summed E-state index contributed by atoms with van der Waals surface area (Å²) in [6.45, 7) is 3.99. The first-order chi connectivity index (χ1) is 12.9. The summed E-state index contributed by atoms with van der Waals surface area (Å²) in [4.78, 5) is 14.7. The number of nitrogens with zero attached hydrogens (tertiary/aromatic N) is 2. The summed E-state index contributed by atoms with van der Waals surface area (Å²) in [6, 6.07) is 5.82. The summed E-state index contributed by atoms with van der Waals surface area (Å²) < 4.78 is 21.8. The van der Waals surface area contributed by atoms with Gasteiger partial charge in [-0.15, -0.1) is 0 Å². The quantitative estimate of drug-likeness (QED) is 0.813. The minimum absolute atomic E-state index is 0.0224. The molecule has 27 heavy (non-hydrogen) atoms. The maximum atomic E-state index is 14.6. The highest BCUT2D eigenvalue weighted by molar-refractivity contribution is 6.31. The number of carbonyl (C=O) groups is 1. The molecule has 0 saturated carbocycles. The molecule has 1 aliphatic rings. The van der Waals surface area contributed by atoms with Crippen LogP contribution in [0.25, 0.3) is 0 Å². The standard InChI is InChI=1S/C19H22Cl2FN3O2/c1-12-10-25(6-7-27-12)17(18-14(21)4-3-5-15(18)22)9-23-19(26)16-8-13(20)11-24(16)2/h3-5,8,11-12,17H,6-7,9-10H2,1-2H3,(H,23,26)/t12-,17-/m1/s1. The molecule has 0 aliphatic carbocycles. The van der Waals surface area contributed by atoms with E-state index in [0.29, 0.717) is 41.0 Å². The van der Waals surface area contributed by atoms with E-state index in [-0.39, 0.29) is 24.4 Å². The lowest BCUT2D eigenvalue weighted by atomic mass is 10.0. The van der Waals surface area contributed by atoms with Gasteiger partial charge in [0.15, 0.2) is 0 Å². The molecule has 1 N–H and O–H groups in total. The van der Waals surface area contributed by atoms with E-state index in [1.807, 2.05) is 6.92 Å². The molecule has 1 aromatic carbocycles. The van der Waals surface area contributed by atoms with Gasteiger partial charge in [0.05, 0.1) is 23.8 Å². The van der Waals surface area contributed by atoms with Crippen molar-refractivity contribution < 1.29 is 13.9 Å². The molecular weight excluding hydrogens is 392 g/mol. The highest BCUT2D eigenvalue weighted by atomic mass is 35.5. The average molecular weight is 414 g/mol. The molecule has 3 rings (SSSR count). The van der Waals surface area contributed by atoms with Crippen molar-refractivity contribution >= 4 is 29.1 Å². The number of rotatable bonds is 5. The number of benzene rings is 1. The molecular formula is C19H22Cl2FN3O2. The molecule has 1 saturated heterocycles. The van der Waals surface area contributed by atoms with Crippen LogP contribution in [0.2, 0.25) is 10.0 Å². The fraction of sp³-hybridized carbons (Fsp3) is 0.421. The number of carbonyl (C=O) groups excluding carboxylic acids is 1. The van der Waals surface area contributed by atoms with Gasteiger partial charge in [-0.3, -0.25) is 9.69 Å². The number of nitrogens with one attached hydrogen (secondary N) is 1. The van der Waals surface area contributed by atoms with Crippen LogP contribution in [0.4, 0.5) is 4.39 Å². The Hall–Kier alpha value is -1.60. The SMILES string of the molecule is C[C@@H]1CN([C@H](CNC(=O)c2cc(Cl)cn2C)c2c(F)cccc2Cl)CCO1. The van der Waals surface area contributed by atoms with Gasteiger partial charge in [-0.25, -0.2) is 4.39 Å². The molecule has 1 aromatic heterocycles. The fourth-order valence-corrected chi connectivity index (χ4v) is 3.94. The number of hydrogen-bond donors (Lipinski definition) is 1. The normalized spacial score (nSPS) is 19.1. The van der Waals surface area contributed by atoms with Crippen LogP contribution in [-0.4, -0.2) is 47.7 Å². The fourth-order valence-electron chi connectivity index (χ4n) is 3.40. The average Bonchev–Trinajstić information content (AvgIpc) is 2.95. The maximum Gasteiger partial charge on any atom is 0.268 e. The van der Waals surface area contributed by atoms with Gasteiger partial charge in [-0.1, -0.05) is 29.3 Å². The van der Waals surface area contributed by atoms with E-state index in [0.717, 1.165) is 0 Å². The summed E-state index contributed by atoms with van der Waals surface area (Å²) in [5, 5.41) is 3.72. The summed E-state index contributed by atoms with van der Waals surface area (Å²) in [5.41, 5.74) is 0.826. The zero-order chi connectivity index (χ0) is 19.6. The van der Waals surface area contributed by atoms with Crippen molar-refractivity contribution in [2.75, 3.05) is 26.2 Å². The Labute approximate surface area is 168 Å². The highest BCUT2D eigenvalue weighted by Crippen LogP contribution is 2.31. The Morgan fingerprint density at radius 1 is 1.44 bits per heavy atom. The summed E-state index contributed by atoms with van der Waals surface area (Å²) >= 11 is 12.3. The predicted molar refractivity (Wildman–Crippen MR) is 104 cm³/mol. The Bertz CT molecular complexity index is 807. The Morgan fingerprint density at radius 2 is 2.22 bits per heavy atom. The van der Waals surface area contributed by atoms with E-state index in [1.54, 1.807) is 36.0 Å². The predicted octanol–water partition coefficient (Wildman–Crippen LogP) is 3.66. The van der Waals surface area contributed by atoms with Gasteiger partial charge in [0.25, 0.3) is 5.91 Å². The first kappa shape index (κ1) is 20.1. The number of hydrogen-bond acceptors (Lipinski definition) is 3. The van der Waals surface area contributed by atoms with E-state index >= 15 is 0 Å². The van der Waals surface area contributed by atoms with Gasteiger partial charge in [-0.2, -0.15) is 0 Å². The van der Waals surface area contributed by atoms with Crippen molar-refractivity contribution in [3.8, 4) is 0 Å². The first-order valence-electron chi connectivity index (χ1n) is 8.76. The number of halogens is 3. The van der Waals surface area contributed by atoms with Crippen molar-refractivity contribution in [1.82, 2.24) is 14.8 Å². The third-order valence-corrected chi connectivity index (χ3v) is 5.24. The largest absolute Gasteiger partial charge is 0.376 e. The topological polar surface area (TPSA) is 46.5 Å². The monoisotopic (exact) mass is 413 g/mol. The van der Waals surface area contributed by atoms with Crippen molar-refractivity contribution in [3.05, 3.63) is 57.6 Å². The van der Waals surface area contributed by atoms with Gasteiger partial charge in [0.2, 0.25) is 0 Å². The molecule has 2 aromatic rings. The minimum atomic E-state index is -0.398. The smallest absolute Gasteiger partial charge is 0.268 e. The highest BCUT2D eigenvalue weighted by Gasteiger charge is 2.29. The van der Waals surface area contributed by atoms with Gasteiger partial charge >= 0.3 is 0 Å². The molecule has 5 nitrogen and oxygen atoms in total. The second-order valence-electron chi connectivity index (χ2n) is 6.69. The maximum absolute atomic E-state index is 14.6. The molecule has 0 bridgehead atoms. The molecule has 1 amide bonds. The van der Waals surface area contributed by atoms with Crippen molar-refractivity contribution in [2.24, 2.45) is 7.05 Å². The number of aryl methyl sites for hydroxylation is 1. The summed E-state index contributed by atoms with van der Waals surface area (Å²) in [6.07, 6.45) is 1.68. The van der Waals surface area contributed by atoms with Crippen molar-refractivity contribution in [3.63, 3.8) is 0 Å². The molecule has 8 heteroatoms. The van der Waals surface area contributed by atoms with Gasteiger partial charge in [0, 0.05) is 43.5 Å². The third kappa shape index (κ3) is 4.63. The van der Waals surface area contributed by atoms with E-state index in [4.69, 9.17) is 27.9 Å². The lowest BCUT2D eigenvalue weighted by Crippen LogP contribution is -2.47. The lowest BCUT2D eigenvalue weighted by molar-refractivity contribution is -0.0346. The molecule has 2 atom stereocenters. The molecule has 2 heterocycles. The van der Waals surface area contributed by atoms with Crippen LogP contribution in [0.5, 0.6) is 0 Å². The van der Waals surface area contributed by atoms with Crippen molar-refractivity contribution in [2.45, 2.75) is 19.1 Å². The third-order valence-electron chi connectivity index (χ3n) is 4.71. The Kier molecular flexibility index (Phi) is 6.42. The van der Waals surface area contributed by atoms with Gasteiger partial charge in [-0.05, 0) is 25.1 Å². The van der Waals surface area contributed by atoms with E-state index in [1.165, 1.54) is 6.07 Å². The van der Waals surface area contributed by atoms with Crippen LogP contribution < -0.4 is 5.32 Å². The van der Waals surface area contributed by atoms with Crippen LogP contribution >= 0.6 is 23.2 Å². The molecule has 0 spiro atoms. The molecule has 0 unspecified atom stereocenters.